The number of likely N-dealkylation sites (tertiary alicyclic amines) is 1. The van der Waals surface area contributed by atoms with E-state index in [-0.39, 0.29) is 32.8 Å². The smallest absolute Gasteiger partial charge is 0.115 e. The fourth-order valence-corrected chi connectivity index (χ4v) is 5.20. The third-order valence-corrected chi connectivity index (χ3v) is 7.16. The maximum Gasteiger partial charge on any atom is 0.115 e. The number of amides is 2. The zero-order valence-corrected chi connectivity index (χ0v) is 21.5. The molecule has 1 fully saturated rings. The molecule has 2 atom stereocenters. The number of ether oxygens (including phenoxy) is 2. The summed E-state index contributed by atoms with van der Waals surface area (Å²) < 4.78 is 10.2. The van der Waals surface area contributed by atoms with Crippen LogP contribution in [0.4, 0.5) is 10.6 Å². The van der Waals surface area contributed by atoms with E-state index in [0.29, 0.717) is 36.2 Å². The van der Waals surface area contributed by atoms with Gasteiger partial charge in [-0.15, -0.1) is 0 Å². The molecule has 0 saturated carbocycles. The van der Waals surface area contributed by atoms with Crippen molar-refractivity contribution in [1.82, 2.24) is 19.9 Å². The van der Waals surface area contributed by atoms with E-state index in [9.17, 15) is 14.9 Å². The summed E-state index contributed by atoms with van der Waals surface area (Å²) in [6, 6.07) is 9.53. The van der Waals surface area contributed by atoms with Gasteiger partial charge in [0.1, 0.15) is 11.6 Å². The molecule has 11 nitrogen and oxygen atoms in total. The fraction of sp³-hybridized carbons (Fsp3) is 0.333. The molecule has 3 N–H and O–H groups in total. The molecule has 1 unspecified atom stereocenters. The summed E-state index contributed by atoms with van der Waals surface area (Å²) in [6.07, 6.45) is 2.07. The van der Waals surface area contributed by atoms with Crippen LogP contribution < -0.4 is 15.8 Å². The van der Waals surface area contributed by atoms with Crippen LogP contribution in [-0.2, 0) is 9.53 Å². The minimum atomic E-state index is -0.941. The number of benzene rings is 1. The number of carbonyl (C=O) groups is 2. The van der Waals surface area contributed by atoms with E-state index in [1.807, 2.05) is 24.0 Å². The van der Waals surface area contributed by atoms with Gasteiger partial charge in [0.25, 0.3) is 0 Å². The Hall–Kier alpha value is -3.94. The molecule has 1 aromatic carbocycles. The van der Waals surface area contributed by atoms with Crippen molar-refractivity contribution in [3.05, 3.63) is 42.4 Å². The first-order valence-corrected chi connectivity index (χ1v) is 14.1. The van der Waals surface area contributed by atoms with Crippen molar-refractivity contribution in [3.63, 3.8) is 0 Å². The third-order valence-electron chi connectivity index (χ3n) is 5.83. The van der Waals surface area contributed by atoms with Gasteiger partial charge in [-0.25, -0.2) is 4.98 Å². The standard InChI is InChI=1S/C24H25N7O4Se/c1-34-22-15(9-25)7-16(10-27-22)14-3-4-19-18(8-14)21(29-13-28-19)30-17-5-6-31(11-17)23(32)20(12-36-2)35-24(26)33/h3-4,7-8,10,13,17,20H,5-6,11-12H2,1-2H3,(H2,26,33)(H,28,29,30)/t17-,20?/m0/s1. The van der Waals surface area contributed by atoms with Crippen LogP contribution >= 0.6 is 0 Å². The second-order valence-corrected chi connectivity index (χ2v) is 10.1. The summed E-state index contributed by atoms with van der Waals surface area (Å²) >= 11 is 0.151. The van der Waals surface area contributed by atoms with Crippen LogP contribution in [0.25, 0.3) is 22.0 Å². The first-order chi connectivity index (χ1) is 17.4. The Kier molecular flexibility index (Phi) is 7.83. The van der Waals surface area contributed by atoms with Crippen molar-refractivity contribution in [3.8, 4) is 23.1 Å². The Labute approximate surface area is 214 Å². The van der Waals surface area contributed by atoms with Crippen LogP contribution in [0.2, 0.25) is 11.1 Å². The van der Waals surface area contributed by atoms with E-state index in [1.54, 1.807) is 17.2 Å². The summed E-state index contributed by atoms with van der Waals surface area (Å²) in [5.41, 5.74) is 7.86. The molecule has 3 heterocycles. The summed E-state index contributed by atoms with van der Waals surface area (Å²) in [5.74, 6) is 2.67. The van der Waals surface area contributed by atoms with E-state index >= 15 is 0 Å². The molecule has 186 valence electrons. The number of nitrogens with one attached hydrogen (secondary N) is 1. The third kappa shape index (κ3) is 5.48. The Bertz CT molecular complexity index is 1330. The molecule has 3 aromatic rings. The molecule has 4 rings (SSSR count). The van der Waals surface area contributed by atoms with Crippen LogP contribution in [0.1, 0.15) is 12.0 Å². The van der Waals surface area contributed by atoms with Crippen molar-refractivity contribution in [2.75, 3.05) is 25.5 Å². The molecule has 0 aliphatic carbocycles. The van der Waals surface area contributed by atoms with Crippen molar-refractivity contribution in [2.24, 2.45) is 5.73 Å². The minimum absolute atomic E-state index is 0.0371. The van der Waals surface area contributed by atoms with Crippen LogP contribution in [0.5, 0.6) is 5.88 Å². The van der Waals surface area contributed by atoms with Crippen LogP contribution in [0.15, 0.2) is 36.8 Å². The summed E-state index contributed by atoms with van der Waals surface area (Å²) in [6.45, 7) is 0.988. The number of primary amides is 1. The summed E-state index contributed by atoms with van der Waals surface area (Å²) in [4.78, 5) is 38.8. The minimum Gasteiger partial charge on any atom is -0.192 e. The largest absolute Gasteiger partial charge is 0.192 e. The molecule has 1 aliphatic rings. The molecule has 2 amide bonds. The maximum absolute atomic E-state index is 12.9. The molecule has 36 heavy (non-hydrogen) atoms. The number of aromatic nitrogens is 3. The van der Waals surface area contributed by atoms with E-state index in [4.69, 9.17) is 15.2 Å². The molecule has 0 radical (unpaired) electrons. The molecule has 0 spiro atoms. The second kappa shape index (κ2) is 11.2. The fourth-order valence-electron chi connectivity index (χ4n) is 4.13. The first kappa shape index (κ1) is 25.2. The van der Waals surface area contributed by atoms with Crippen LogP contribution in [0, 0.1) is 11.3 Å². The SMILES string of the molecule is COc1ncc(-c2ccc3ncnc(N[C@H]4CCN(C(=O)C(C[Se]C)OC(N)=O)C4)c3c2)cc1C#N. The Morgan fingerprint density at radius 1 is 1.31 bits per heavy atom. The Morgan fingerprint density at radius 3 is 2.86 bits per heavy atom. The van der Waals surface area contributed by atoms with Gasteiger partial charge in [-0.05, 0) is 6.07 Å². The van der Waals surface area contributed by atoms with Gasteiger partial charge in [0.2, 0.25) is 5.88 Å². The monoisotopic (exact) mass is 555 g/mol. The summed E-state index contributed by atoms with van der Waals surface area (Å²) in [5, 5.41) is 14.1. The number of methoxy groups -OCH3 is 1. The number of rotatable bonds is 8. The van der Waals surface area contributed by atoms with E-state index in [2.05, 4.69) is 26.3 Å². The number of hydrogen-bond donors (Lipinski definition) is 2. The van der Waals surface area contributed by atoms with Crippen molar-refractivity contribution in [2.45, 2.75) is 29.7 Å². The number of anilines is 1. The van der Waals surface area contributed by atoms with Gasteiger partial charge in [0.15, 0.2) is 0 Å². The van der Waals surface area contributed by atoms with Gasteiger partial charge >= 0.3 is 162 Å². The molecule has 0 bridgehead atoms. The van der Waals surface area contributed by atoms with E-state index in [1.165, 1.54) is 13.4 Å². The number of carbonyl (C=O) groups excluding carboxylic acids is 2. The average molecular weight is 554 g/mol. The molecular formula is C24H25N7O4Se. The van der Waals surface area contributed by atoms with Gasteiger partial charge in [-0.2, -0.15) is 5.26 Å². The quantitative estimate of drug-likeness (QED) is 0.399. The number of fused-ring (bicyclic) bond motifs is 1. The predicted octanol–water partition coefficient (Wildman–Crippen LogP) is 2.22. The van der Waals surface area contributed by atoms with Crippen LogP contribution in [0.3, 0.4) is 0 Å². The van der Waals surface area contributed by atoms with Gasteiger partial charge in [-0.3, -0.25) is 0 Å². The van der Waals surface area contributed by atoms with Crippen molar-refractivity contribution < 1.29 is 19.1 Å². The molecular weight excluding hydrogens is 529 g/mol. The Morgan fingerprint density at radius 2 is 2.14 bits per heavy atom. The van der Waals surface area contributed by atoms with Crippen molar-refractivity contribution >= 4 is 43.7 Å². The van der Waals surface area contributed by atoms with Gasteiger partial charge in [0, 0.05) is 6.20 Å². The maximum atomic E-state index is 12.9. The van der Waals surface area contributed by atoms with Gasteiger partial charge in [-0.1, -0.05) is 0 Å². The molecule has 1 aliphatic heterocycles. The number of hydrogen-bond acceptors (Lipinski definition) is 9. The first-order valence-electron chi connectivity index (χ1n) is 11.1. The van der Waals surface area contributed by atoms with Gasteiger partial charge in [0.05, 0.1) is 7.11 Å². The van der Waals surface area contributed by atoms with E-state index in [0.717, 1.165) is 22.0 Å². The number of pyridine rings is 1. The molecule has 1 saturated heterocycles. The molecule has 2 aromatic heterocycles. The predicted molar refractivity (Wildman–Crippen MR) is 134 cm³/mol. The normalized spacial score (nSPS) is 15.8. The summed E-state index contributed by atoms with van der Waals surface area (Å²) in [7, 11) is 1.47. The average Bonchev–Trinajstić information content (AvgIpc) is 3.35. The van der Waals surface area contributed by atoms with Gasteiger partial charge < -0.3 is 4.74 Å². The zero-order chi connectivity index (χ0) is 25.7. The van der Waals surface area contributed by atoms with Crippen molar-refractivity contribution in [1.29, 1.82) is 5.26 Å². The van der Waals surface area contributed by atoms with E-state index < -0.39 is 12.2 Å². The number of nitrogens with zero attached hydrogens (tertiary/aromatic N) is 5. The number of nitrogens with two attached hydrogens (primary N) is 1. The Balaban J connectivity index is 1.54. The van der Waals surface area contributed by atoms with Crippen LogP contribution in [-0.4, -0.2) is 79.2 Å². The topological polar surface area (TPSA) is 156 Å². The zero-order valence-electron chi connectivity index (χ0n) is 19.8. The molecule has 12 heteroatoms. The number of nitriles is 1. The second-order valence-electron chi connectivity index (χ2n) is 8.14.